The predicted octanol–water partition coefficient (Wildman–Crippen LogP) is 1.45. The molecule has 0 saturated carbocycles. The van der Waals surface area contributed by atoms with Crippen LogP contribution in [0, 0.1) is 17.8 Å². The highest BCUT2D eigenvalue weighted by molar-refractivity contribution is 7.94. The predicted molar refractivity (Wildman–Crippen MR) is 67.2 cm³/mol. The zero-order chi connectivity index (χ0) is 13.1. The van der Waals surface area contributed by atoms with Gasteiger partial charge in [0, 0.05) is 5.92 Å². The summed E-state index contributed by atoms with van der Waals surface area (Å²) in [7, 11) is 0. The Morgan fingerprint density at radius 2 is 2.06 bits per heavy atom. The van der Waals surface area contributed by atoms with Crippen LogP contribution in [0.2, 0.25) is 0 Å². The van der Waals surface area contributed by atoms with Gasteiger partial charge in [0.2, 0.25) is 0 Å². The van der Waals surface area contributed by atoms with Gasteiger partial charge in [0.25, 0.3) is 6.02 Å². The first-order valence-corrected chi connectivity index (χ1v) is 5.34. The molecule has 0 bridgehead atoms. The third kappa shape index (κ3) is 10.2. The van der Waals surface area contributed by atoms with Gasteiger partial charge < -0.3 is 15.0 Å². The number of carboxylic acids is 1. The minimum atomic E-state index is -1.22. The van der Waals surface area contributed by atoms with E-state index in [-0.39, 0.29) is 6.02 Å². The largest absolute Gasteiger partial charge is 0.472 e. The molecule has 0 aliphatic carbocycles. The van der Waals surface area contributed by atoms with Crippen LogP contribution >= 0.6 is 12.0 Å². The monoisotopic (exact) mass is 252 g/mol. The molecular weight excluding hydrogens is 240 g/mol. The lowest BCUT2D eigenvalue weighted by Gasteiger charge is -2.00. The van der Waals surface area contributed by atoms with Gasteiger partial charge in [0.15, 0.2) is 0 Å². The first kappa shape index (κ1) is 14.9. The number of rotatable bonds is 3. The van der Waals surface area contributed by atoms with Gasteiger partial charge in [0.05, 0.1) is 17.8 Å². The third-order valence-electron chi connectivity index (χ3n) is 1.34. The van der Waals surface area contributed by atoms with Crippen LogP contribution < -0.4 is 5.73 Å². The van der Waals surface area contributed by atoms with E-state index >= 15 is 0 Å². The lowest BCUT2D eigenvalue weighted by molar-refractivity contribution is -0.130. The topological polar surface area (TPSA) is 96.4 Å². The van der Waals surface area contributed by atoms with Gasteiger partial charge in [-0.25, -0.2) is 4.79 Å². The van der Waals surface area contributed by atoms with Gasteiger partial charge in [-0.05, 0) is 5.56 Å². The van der Waals surface area contributed by atoms with E-state index in [1.807, 2.05) is 30.3 Å². The minimum absolute atomic E-state index is 0.254. The molecule has 0 spiro atoms. The van der Waals surface area contributed by atoms with Crippen molar-refractivity contribution >= 4 is 24.0 Å². The highest BCUT2D eigenvalue weighted by atomic mass is 32.2. The maximum Gasteiger partial charge on any atom is 0.381 e. The van der Waals surface area contributed by atoms with Crippen LogP contribution in [0.4, 0.5) is 0 Å². The van der Waals surface area contributed by atoms with E-state index in [0.29, 0.717) is 5.75 Å². The summed E-state index contributed by atoms with van der Waals surface area (Å²) < 4.78 is 4.72. The summed E-state index contributed by atoms with van der Waals surface area (Å²) in [5, 5.41) is 14.3. The quantitative estimate of drug-likeness (QED) is 0.327. The molecule has 5 nitrogen and oxygen atoms in total. The number of terminal acetylenes is 1. The van der Waals surface area contributed by atoms with Crippen molar-refractivity contribution in [1.29, 1.82) is 5.41 Å². The summed E-state index contributed by atoms with van der Waals surface area (Å²) >= 11 is 1.16. The lowest BCUT2D eigenvalue weighted by atomic mass is 10.2. The number of benzene rings is 1. The van der Waals surface area contributed by atoms with Crippen LogP contribution in [0.15, 0.2) is 30.3 Å². The maximum atomic E-state index is 9.13. The summed E-state index contributed by atoms with van der Waals surface area (Å²) in [5.74, 6) is 0.936. The molecule has 0 aliphatic heterocycles. The molecule has 0 heterocycles. The van der Waals surface area contributed by atoms with Crippen molar-refractivity contribution in [3.05, 3.63) is 35.9 Å². The molecule has 1 aromatic rings. The van der Waals surface area contributed by atoms with Crippen LogP contribution in [0.3, 0.4) is 0 Å². The molecule has 0 aromatic heterocycles. The standard InChI is InChI=1S/C8H10N2OS.C3H2O2/c9-8(10)11-12-6-7-4-2-1-3-5-7;1-2-3(4)5/h1-5H,6H2,(H3,9,10);1H,(H,4,5). The lowest BCUT2D eigenvalue weighted by Crippen LogP contribution is -2.09. The van der Waals surface area contributed by atoms with Gasteiger partial charge in [0.1, 0.15) is 0 Å². The molecule has 0 amide bonds. The minimum Gasteiger partial charge on any atom is -0.472 e. The van der Waals surface area contributed by atoms with E-state index in [9.17, 15) is 0 Å². The summed E-state index contributed by atoms with van der Waals surface area (Å²) in [5.41, 5.74) is 6.15. The fraction of sp³-hybridized carbons (Fsp3) is 0.0909. The Hall–Kier alpha value is -2.13. The average Bonchev–Trinajstić information content (AvgIpc) is 2.30. The summed E-state index contributed by atoms with van der Waals surface area (Å²) in [4.78, 5) is 9.13. The van der Waals surface area contributed by atoms with Crippen molar-refractivity contribution in [3.8, 4) is 12.3 Å². The molecule has 90 valence electrons. The Morgan fingerprint density at radius 1 is 1.53 bits per heavy atom. The molecule has 17 heavy (non-hydrogen) atoms. The molecule has 6 heteroatoms. The highest BCUT2D eigenvalue weighted by Gasteiger charge is 1.93. The number of amidine groups is 1. The Morgan fingerprint density at radius 3 is 2.47 bits per heavy atom. The number of carbonyl (C=O) groups is 1. The Bertz CT molecular complexity index is 401. The second-order valence-corrected chi connectivity index (χ2v) is 3.34. The first-order chi connectivity index (χ1) is 8.06. The molecule has 0 fully saturated rings. The number of nitrogens with one attached hydrogen (secondary N) is 1. The van der Waals surface area contributed by atoms with Gasteiger partial charge in [-0.3, -0.25) is 5.41 Å². The van der Waals surface area contributed by atoms with Crippen LogP contribution in [-0.2, 0) is 14.7 Å². The van der Waals surface area contributed by atoms with E-state index in [1.54, 1.807) is 0 Å². The second kappa shape index (κ2) is 9.12. The van der Waals surface area contributed by atoms with Crippen molar-refractivity contribution in [2.75, 3.05) is 0 Å². The van der Waals surface area contributed by atoms with Gasteiger partial charge in [-0.15, -0.1) is 6.42 Å². The zero-order valence-corrected chi connectivity index (χ0v) is 9.74. The molecule has 0 radical (unpaired) electrons. The van der Waals surface area contributed by atoms with Crippen LogP contribution in [0.1, 0.15) is 5.56 Å². The van der Waals surface area contributed by atoms with Gasteiger partial charge >= 0.3 is 5.97 Å². The first-order valence-electron chi connectivity index (χ1n) is 4.43. The van der Waals surface area contributed by atoms with Crippen LogP contribution in [0.5, 0.6) is 0 Å². The van der Waals surface area contributed by atoms with E-state index in [1.165, 1.54) is 5.92 Å². The van der Waals surface area contributed by atoms with Crippen molar-refractivity contribution in [3.63, 3.8) is 0 Å². The van der Waals surface area contributed by atoms with Crippen molar-refractivity contribution in [1.82, 2.24) is 0 Å². The molecule has 0 unspecified atom stereocenters. The van der Waals surface area contributed by atoms with Crippen molar-refractivity contribution < 1.29 is 14.1 Å². The number of nitrogens with two attached hydrogens (primary N) is 1. The molecule has 1 rings (SSSR count). The fourth-order valence-corrected chi connectivity index (χ4v) is 1.25. The smallest absolute Gasteiger partial charge is 0.381 e. The second-order valence-electron chi connectivity index (χ2n) is 2.64. The van der Waals surface area contributed by atoms with Crippen molar-refractivity contribution in [2.24, 2.45) is 5.73 Å². The normalized spacial score (nSPS) is 8.18. The van der Waals surface area contributed by atoms with E-state index in [0.717, 1.165) is 17.6 Å². The van der Waals surface area contributed by atoms with Crippen LogP contribution in [-0.4, -0.2) is 17.1 Å². The van der Waals surface area contributed by atoms with E-state index in [2.05, 4.69) is 6.42 Å². The third-order valence-corrected chi connectivity index (χ3v) is 2.09. The van der Waals surface area contributed by atoms with Gasteiger partial charge in [-0.2, -0.15) is 0 Å². The van der Waals surface area contributed by atoms with Crippen molar-refractivity contribution in [2.45, 2.75) is 5.75 Å². The molecule has 4 N–H and O–H groups in total. The zero-order valence-electron chi connectivity index (χ0n) is 8.92. The number of hydrogen-bond donors (Lipinski definition) is 3. The Labute approximate surface area is 104 Å². The highest BCUT2D eigenvalue weighted by Crippen LogP contribution is 2.11. The average molecular weight is 252 g/mol. The molecule has 1 aromatic carbocycles. The number of hydrogen-bond acceptors (Lipinski definition) is 4. The van der Waals surface area contributed by atoms with Gasteiger partial charge in [-0.1, -0.05) is 30.3 Å². The SMILES string of the molecule is C#CC(=O)O.N=C(N)OSCc1ccccc1. The number of aliphatic carboxylic acids is 1. The molecule has 0 atom stereocenters. The van der Waals surface area contributed by atoms with E-state index in [4.69, 9.17) is 25.2 Å². The Balaban J connectivity index is 0.000000437. The molecule has 0 aliphatic rings. The Kier molecular flexibility index (Phi) is 7.98. The maximum absolute atomic E-state index is 9.13. The summed E-state index contributed by atoms with van der Waals surface area (Å²) in [6.45, 7) is 0. The summed E-state index contributed by atoms with van der Waals surface area (Å²) in [6.07, 6.45) is 4.32. The fourth-order valence-electron chi connectivity index (χ4n) is 0.735. The molecule has 0 saturated heterocycles. The summed E-state index contributed by atoms with van der Waals surface area (Å²) in [6, 6.07) is 9.62. The van der Waals surface area contributed by atoms with E-state index < -0.39 is 5.97 Å². The molecular formula is C11H12N2O3S. The number of carboxylic acid groups (broad SMARTS) is 1. The van der Waals surface area contributed by atoms with Crippen LogP contribution in [0.25, 0.3) is 0 Å².